The molecule has 0 bridgehead atoms. The topological polar surface area (TPSA) is 3.24 Å². The summed E-state index contributed by atoms with van der Waals surface area (Å²) in [6.45, 7) is 8.43. The van der Waals surface area contributed by atoms with Crippen molar-refractivity contribution in [1.29, 1.82) is 0 Å². The van der Waals surface area contributed by atoms with Gasteiger partial charge in [-0.05, 0) is 18.3 Å². The minimum absolute atomic E-state index is 0.888. The molecule has 0 aromatic carbocycles. The third kappa shape index (κ3) is 3.04. The molecule has 0 aromatic heterocycles. The Balaban J connectivity index is 2.30. The van der Waals surface area contributed by atoms with Gasteiger partial charge in [0.05, 0.1) is 0 Å². The van der Waals surface area contributed by atoms with Gasteiger partial charge in [0.2, 0.25) is 0 Å². The van der Waals surface area contributed by atoms with E-state index in [1.165, 1.54) is 19.5 Å². The number of piperidine rings is 1. The first-order valence-electron chi connectivity index (χ1n) is 4.55. The van der Waals surface area contributed by atoms with Gasteiger partial charge >= 0.3 is 0 Å². The van der Waals surface area contributed by atoms with Gasteiger partial charge in [-0.25, -0.2) is 0 Å². The van der Waals surface area contributed by atoms with Gasteiger partial charge in [0.1, 0.15) is 0 Å². The number of likely N-dealkylation sites (tertiary alicyclic amines) is 1. The van der Waals surface area contributed by atoms with Crippen LogP contribution in [0, 0.1) is 11.8 Å². The van der Waals surface area contributed by atoms with E-state index < -0.39 is 0 Å². The van der Waals surface area contributed by atoms with E-state index in [0.717, 1.165) is 24.1 Å². The van der Waals surface area contributed by atoms with Crippen molar-refractivity contribution >= 4 is 12.6 Å². The molecular weight excluding hydrogens is 154 g/mol. The Kier molecular flexibility index (Phi) is 3.73. The molecule has 11 heavy (non-hydrogen) atoms. The van der Waals surface area contributed by atoms with E-state index >= 15 is 0 Å². The van der Waals surface area contributed by atoms with Gasteiger partial charge in [-0.3, -0.25) is 0 Å². The average Bonchev–Trinajstić information content (AvgIpc) is 1.85. The normalized spacial score (nSPS) is 34.1. The highest BCUT2D eigenvalue weighted by Gasteiger charge is 2.20. The zero-order valence-corrected chi connectivity index (χ0v) is 8.48. The quantitative estimate of drug-likeness (QED) is 0.624. The molecule has 1 fully saturated rings. The lowest BCUT2D eigenvalue weighted by molar-refractivity contribution is 0.149. The number of nitrogens with zero attached hydrogens (tertiary/aromatic N) is 1. The molecule has 1 aliphatic rings. The largest absolute Gasteiger partial charge is 0.302 e. The van der Waals surface area contributed by atoms with Gasteiger partial charge in [-0.15, -0.1) is 0 Å². The Labute approximate surface area is 75.6 Å². The summed E-state index contributed by atoms with van der Waals surface area (Å²) in [4.78, 5) is 2.53. The summed E-state index contributed by atoms with van der Waals surface area (Å²) in [5.74, 6) is 2.77. The van der Waals surface area contributed by atoms with Crippen molar-refractivity contribution in [3.05, 3.63) is 0 Å². The lowest BCUT2D eigenvalue weighted by Crippen LogP contribution is -2.39. The van der Waals surface area contributed by atoms with Gasteiger partial charge in [0, 0.05) is 25.4 Å². The predicted molar refractivity (Wildman–Crippen MR) is 53.2 cm³/mol. The van der Waals surface area contributed by atoms with Crippen molar-refractivity contribution in [1.82, 2.24) is 4.90 Å². The highest BCUT2D eigenvalue weighted by atomic mass is 32.1. The summed E-state index contributed by atoms with van der Waals surface area (Å²) in [7, 11) is 0. The van der Waals surface area contributed by atoms with Gasteiger partial charge in [0.15, 0.2) is 0 Å². The summed E-state index contributed by atoms with van der Waals surface area (Å²) >= 11 is 4.25. The van der Waals surface area contributed by atoms with Crippen molar-refractivity contribution in [2.45, 2.75) is 20.3 Å². The molecule has 2 unspecified atom stereocenters. The minimum Gasteiger partial charge on any atom is -0.302 e. The fourth-order valence-electron chi connectivity index (χ4n) is 2.12. The second-order valence-corrected chi connectivity index (χ2v) is 4.38. The fourth-order valence-corrected chi connectivity index (χ4v) is 2.40. The van der Waals surface area contributed by atoms with Crippen LogP contribution in [0.3, 0.4) is 0 Å². The Bertz CT molecular complexity index is 106. The van der Waals surface area contributed by atoms with Crippen LogP contribution in [0.15, 0.2) is 0 Å². The van der Waals surface area contributed by atoms with Crippen molar-refractivity contribution < 1.29 is 0 Å². The van der Waals surface area contributed by atoms with E-state index in [-0.39, 0.29) is 0 Å². The predicted octanol–water partition coefficient (Wildman–Crippen LogP) is 1.89. The molecular formula is C9H19NS. The SMILES string of the molecule is CC1CC(C)CN(CCS)C1. The van der Waals surface area contributed by atoms with Gasteiger partial charge in [-0.2, -0.15) is 12.6 Å². The van der Waals surface area contributed by atoms with Crippen molar-refractivity contribution in [2.24, 2.45) is 11.8 Å². The highest BCUT2D eigenvalue weighted by molar-refractivity contribution is 7.80. The molecule has 2 atom stereocenters. The van der Waals surface area contributed by atoms with Crippen LogP contribution < -0.4 is 0 Å². The second-order valence-electron chi connectivity index (χ2n) is 3.93. The summed E-state index contributed by atoms with van der Waals surface area (Å²) in [6.07, 6.45) is 1.41. The number of hydrogen-bond acceptors (Lipinski definition) is 2. The van der Waals surface area contributed by atoms with Crippen molar-refractivity contribution in [3.8, 4) is 0 Å². The van der Waals surface area contributed by atoms with Crippen LogP contribution in [0.2, 0.25) is 0 Å². The molecule has 1 heterocycles. The Hall–Kier alpha value is 0.310. The molecule has 0 radical (unpaired) electrons. The van der Waals surface area contributed by atoms with Gasteiger partial charge in [0.25, 0.3) is 0 Å². The third-order valence-electron chi connectivity index (χ3n) is 2.36. The summed E-state index contributed by atoms with van der Waals surface area (Å²) in [5.41, 5.74) is 0. The van der Waals surface area contributed by atoms with E-state index in [0.29, 0.717) is 0 Å². The first-order chi connectivity index (χ1) is 5.22. The minimum atomic E-state index is 0.888. The molecule has 1 saturated heterocycles. The zero-order valence-electron chi connectivity index (χ0n) is 7.58. The summed E-state index contributed by atoms with van der Waals surface area (Å²) in [5, 5.41) is 0. The molecule has 0 aliphatic carbocycles. The van der Waals surface area contributed by atoms with E-state index in [9.17, 15) is 0 Å². The molecule has 0 saturated carbocycles. The van der Waals surface area contributed by atoms with E-state index in [1.807, 2.05) is 0 Å². The van der Waals surface area contributed by atoms with Crippen LogP contribution in [-0.2, 0) is 0 Å². The van der Waals surface area contributed by atoms with E-state index in [1.54, 1.807) is 0 Å². The molecule has 0 aromatic rings. The first-order valence-corrected chi connectivity index (χ1v) is 5.19. The molecule has 0 amide bonds. The first kappa shape index (κ1) is 9.40. The third-order valence-corrected chi connectivity index (χ3v) is 2.56. The van der Waals surface area contributed by atoms with Crippen LogP contribution in [0.1, 0.15) is 20.3 Å². The maximum absolute atomic E-state index is 4.25. The van der Waals surface area contributed by atoms with Crippen LogP contribution in [0.5, 0.6) is 0 Å². The molecule has 0 N–H and O–H groups in total. The van der Waals surface area contributed by atoms with E-state index in [4.69, 9.17) is 0 Å². The maximum Gasteiger partial charge on any atom is 0.00701 e. The molecule has 66 valence electrons. The molecule has 2 heteroatoms. The lowest BCUT2D eigenvalue weighted by Gasteiger charge is -2.34. The van der Waals surface area contributed by atoms with Crippen LogP contribution >= 0.6 is 12.6 Å². The van der Waals surface area contributed by atoms with Crippen LogP contribution in [-0.4, -0.2) is 30.3 Å². The monoisotopic (exact) mass is 173 g/mol. The smallest absolute Gasteiger partial charge is 0.00701 e. The Morgan fingerprint density at radius 3 is 2.27 bits per heavy atom. The Morgan fingerprint density at radius 2 is 1.82 bits per heavy atom. The summed E-state index contributed by atoms with van der Waals surface area (Å²) in [6, 6.07) is 0. The Morgan fingerprint density at radius 1 is 1.27 bits per heavy atom. The highest BCUT2D eigenvalue weighted by Crippen LogP contribution is 2.20. The molecule has 1 aliphatic heterocycles. The van der Waals surface area contributed by atoms with Gasteiger partial charge < -0.3 is 4.90 Å². The molecule has 1 rings (SSSR count). The fraction of sp³-hybridized carbons (Fsp3) is 1.00. The maximum atomic E-state index is 4.25. The second kappa shape index (κ2) is 4.36. The zero-order chi connectivity index (χ0) is 8.27. The standard InChI is InChI=1S/C9H19NS/c1-8-5-9(2)7-10(6-8)3-4-11/h8-9,11H,3-7H2,1-2H3. The molecule has 0 spiro atoms. The van der Waals surface area contributed by atoms with Crippen molar-refractivity contribution in [2.75, 3.05) is 25.4 Å². The number of thiol groups is 1. The number of rotatable bonds is 2. The average molecular weight is 173 g/mol. The summed E-state index contributed by atoms with van der Waals surface area (Å²) < 4.78 is 0. The lowest BCUT2D eigenvalue weighted by atomic mass is 9.92. The van der Waals surface area contributed by atoms with Gasteiger partial charge in [-0.1, -0.05) is 13.8 Å². The number of hydrogen-bond donors (Lipinski definition) is 1. The van der Waals surface area contributed by atoms with Crippen LogP contribution in [0.4, 0.5) is 0 Å². The van der Waals surface area contributed by atoms with E-state index in [2.05, 4.69) is 31.4 Å². The van der Waals surface area contributed by atoms with Crippen LogP contribution in [0.25, 0.3) is 0 Å². The van der Waals surface area contributed by atoms with Crippen molar-refractivity contribution in [3.63, 3.8) is 0 Å². The molecule has 1 nitrogen and oxygen atoms in total.